The molecule has 0 bridgehead atoms. The van der Waals surface area contributed by atoms with Gasteiger partial charge in [-0.15, -0.1) is 0 Å². The van der Waals surface area contributed by atoms with E-state index >= 15 is 0 Å². The Morgan fingerprint density at radius 1 is 1.13 bits per heavy atom. The molecule has 1 aromatic carbocycles. The maximum absolute atomic E-state index is 11.7. The molecule has 0 amide bonds. The van der Waals surface area contributed by atoms with Crippen LogP contribution in [0.3, 0.4) is 0 Å². The molecule has 15 heavy (non-hydrogen) atoms. The summed E-state index contributed by atoms with van der Waals surface area (Å²) in [5.41, 5.74) is 0. The standard InChI is InChI=1S/C8H6N2O3S.H3N/c11-14(12,8-6-9-13-10-8)7-4-2-1-3-5-7;/h1-6H;1H3. The number of nitrogens with zero attached hydrogens (tertiary/aromatic N) is 2. The summed E-state index contributed by atoms with van der Waals surface area (Å²) in [6, 6.07) is 7.99. The maximum Gasteiger partial charge on any atom is 0.228 e. The van der Waals surface area contributed by atoms with E-state index in [1.807, 2.05) is 0 Å². The van der Waals surface area contributed by atoms with Crippen molar-refractivity contribution >= 4 is 9.84 Å². The zero-order valence-corrected chi connectivity index (χ0v) is 8.52. The minimum Gasteiger partial charge on any atom is -0.344 e. The normalized spacial score (nSPS) is 10.7. The smallest absolute Gasteiger partial charge is 0.228 e. The van der Waals surface area contributed by atoms with E-state index < -0.39 is 9.84 Å². The number of hydrogen-bond donors (Lipinski definition) is 1. The van der Waals surface area contributed by atoms with Gasteiger partial charge in [0.15, 0.2) is 0 Å². The van der Waals surface area contributed by atoms with E-state index in [1.54, 1.807) is 18.2 Å². The summed E-state index contributed by atoms with van der Waals surface area (Å²) in [6.07, 6.45) is 1.07. The molecule has 2 aromatic rings. The highest BCUT2D eigenvalue weighted by molar-refractivity contribution is 7.91. The molecule has 0 spiro atoms. The van der Waals surface area contributed by atoms with E-state index in [0.717, 1.165) is 6.20 Å². The van der Waals surface area contributed by atoms with Crippen molar-refractivity contribution < 1.29 is 13.0 Å². The van der Waals surface area contributed by atoms with E-state index in [2.05, 4.69) is 14.9 Å². The summed E-state index contributed by atoms with van der Waals surface area (Å²) in [4.78, 5) is 0.177. The van der Waals surface area contributed by atoms with Crippen molar-refractivity contribution in [1.82, 2.24) is 16.5 Å². The molecule has 6 nitrogen and oxygen atoms in total. The molecule has 7 heteroatoms. The molecular weight excluding hydrogens is 218 g/mol. The van der Waals surface area contributed by atoms with Crippen LogP contribution in [-0.4, -0.2) is 18.7 Å². The molecule has 2 rings (SSSR count). The highest BCUT2D eigenvalue weighted by atomic mass is 32.2. The van der Waals surface area contributed by atoms with Gasteiger partial charge in [-0.1, -0.05) is 23.4 Å². The summed E-state index contributed by atoms with van der Waals surface area (Å²) >= 11 is 0. The van der Waals surface area contributed by atoms with Crippen LogP contribution in [0.15, 0.2) is 51.1 Å². The van der Waals surface area contributed by atoms with Crippen LogP contribution in [0.5, 0.6) is 0 Å². The van der Waals surface area contributed by atoms with E-state index in [4.69, 9.17) is 0 Å². The molecule has 0 saturated heterocycles. The van der Waals surface area contributed by atoms with Gasteiger partial charge in [-0.3, -0.25) is 0 Å². The van der Waals surface area contributed by atoms with Crippen LogP contribution in [0.25, 0.3) is 0 Å². The molecule has 0 radical (unpaired) electrons. The third-order valence-electron chi connectivity index (χ3n) is 1.67. The van der Waals surface area contributed by atoms with Crippen LogP contribution >= 0.6 is 0 Å². The Morgan fingerprint density at radius 2 is 1.80 bits per heavy atom. The average molecular weight is 227 g/mol. The summed E-state index contributed by atoms with van der Waals surface area (Å²) in [7, 11) is -3.56. The molecule has 0 fully saturated rings. The van der Waals surface area contributed by atoms with Gasteiger partial charge in [0, 0.05) is 0 Å². The van der Waals surface area contributed by atoms with Crippen molar-refractivity contribution in [2.75, 3.05) is 0 Å². The van der Waals surface area contributed by atoms with Gasteiger partial charge >= 0.3 is 0 Å². The second-order valence-electron chi connectivity index (χ2n) is 2.56. The number of rotatable bonds is 2. The van der Waals surface area contributed by atoms with Gasteiger partial charge in [-0.25, -0.2) is 13.0 Å². The van der Waals surface area contributed by atoms with Crippen LogP contribution in [0.1, 0.15) is 0 Å². The van der Waals surface area contributed by atoms with Crippen molar-refractivity contribution in [3.63, 3.8) is 0 Å². The van der Waals surface area contributed by atoms with Crippen LogP contribution in [0.4, 0.5) is 0 Å². The zero-order chi connectivity index (χ0) is 10.0. The molecule has 1 aromatic heterocycles. The predicted octanol–water partition coefficient (Wildman–Crippen LogP) is 1.06. The van der Waals surface area contributed by atoms with Gasteiger partial charge in [0.1, 0.15) is 6.20 Å². The fraction of sp³-hybridized carbons (Fsp3) is 0. The van der Waals surface area contributed by atoms with Gasteiger partial charge in [0.05, 0.1) is 4.90 Å². The van der Waals surface area contributed by atoms with E-state index in [1.165, 1.54) is 12.1 Å². The number of sulfone groups is 1. The summed E-state index contributed by atoms with van der Waals surface area (Å²) in [5, 5.41) is 6.36. The summed E-state index contributed by atoms with van der Waals surface area (Å²) < 4.78 is 27.7. The lowest BCUT2D eigenvalue weighted by molar-refractivity contribution is 0.297. The lowest BCUT2D eigenvalue weighted by atomic mass is 10.4. The van der Waals surface area contributed by atoms with Crippen molar-refractivity contribution in [2.24, 2.45) is 0 Å². The van der Waals surface area contributed by atoms with Crippen LogP contribution in [0.2, 0.25) is 0 Å². The molecule has 0 saturated carbocycles. The Bertz CT molecular complexity index is 507. The summed E-state index contributed by atoms with van der Waals surface area (Å²) in [6.45, 7) is 0. The number of benzene rings is 1. The molecule has 0 unspecified atom stereocenters. The van der Waals surface area contributed by atoms with Gasteiger partial charge < -0.3 is 6.15 Å². The highest BCUT2D eigenvalue weighted by Gasteiger charge is 2.20. The predicted molar refractivity (Wildman–Crippen MR) is 51.2 cm³/mol. The van der Waals surface area contributed by atoms with Gasteiger partial charge in [0.2, 0.25) is 14.9 Å². The molecule has 0 aliphatic rings. The third-order valence-corrected chi connectivity index (χ3v) is 3.29. The maximum atomic E-state index is 11.7. The highest BCUT2D eigenvalue weighted by Crippen LogP contribution is 2.16. The van der Waals surface area contributed by atoms with Crippen molar-refractivity contribution in [1.29, 1.82) is 0 Å². The fourth-order valence-electron chi connectivity index (χ4n) is 0.995. The molecule has 0 aliphatic carbocycles. The Morgan fingerprint density at radius 3 is 2.33 bits per heavy atom. The number of hydrogen-bond acceptors (Lipinski definition) is 6. The molecule has 3 N–H and O–H groups in total. The van der Waals surface area contributed by atoms with Gasteiger partial charge in [0.25, 0.3) is 0 Å². The average Bonchev–Trinajstić information content (AvgIpc) is 2.72. The number of aromatic nitrogens is 2. The monoisotopic (exact) mass is 227 g/mol. The fourth-order valence-corrected chi connectivity index (χ4v) is 2.07. The van der Waals surface area contributed by atoms with Crippen molar-refractivity contribution in [2.45, 2.75) is 9.92 Å². The van der Waals surface area contributed by atoms with Crippen molar-refractivity contribution in [3.05, 3.63) is 36.5 Å². The Hall–Kier alpha value is -1.73. The van der Waals surface area contributed by atoms with Gasteiger partial charge in [-0.05, 0) is 17.3 Å². The molecule has 0 atom stereocenters. The first-order valence-corrected chi connectivity index (χ1v) is 5.27. The topological polar surface area (TPSA) is 108 Å². The Balaban J connectivity index is 0.00000112. The molecule has 80 valence electrons. The van der Waals surface area contributed by atoms with E-state index in [9.17, 15) is 8.42 Å². The lowest BCUT2D eigenvalue weighted by Gasteiger charge is -1.97. The minimum atomic E-state index is -3.56. The summed E-state index contributed by atoms with van der Waals surface area (Å²) in [5.74, 6) is 0. The largest absolute Gasteiger partial charge is 0.344 e. The Labute approximate surface area is 86.4 Å². The van der Waals surface area contributed by atoms with E-state index in [-0.39, 0.29) is 16.1 Å². The van der Waals surface area contributed by atoms with Crippen LogP contribution in [-0.2, 0) is 9.84 Å². The molecule has 1 heterocycles. The van der Waals surface area contributed by atoms with E-state index in [0.29, 0.717) is 0 Å². The third kappa shape index (κ3) is 2.03. The first kappa shape index (κ1) is 11.3. The first-order valence-electron chi connectivity index (χ1n) is 3.79. The molecule has 0 aliphatic heterocycles. The lowest BCUT2D eigenvalue weighted by Crippen LogP contribution is -2.01. The molecular formula is C8H9N3O3S. The van der Waals surface area contributed by atoms with Crippen LogP contribution < -0.4 is 6.15 Å². The quantitative estimate of drug-likeness (QED) is 0.821. The van der Waals surface area contributed by atoms with Gasteiger partial charge in [-0.2, -0.15) is 0 Å². The second-order valence-corrected chi connectivity index (χ2v) is 4.46. The minimum absolute atomic E-state index is 0. The van der Waals surface area contributed by atoms with Crippen LogP contribution in [0, 0.1) is 0 Å². The first-order chi connectivity index (χ1) is 6.71. The second kappa shape index (κ2) is 4.20. The zero-order valence-electron chi connectivity index (χ0n) is 7.70. The SMILES string of the molecule is N.O=S(=O)(c1ccccc1)c1cnon1. The van der Waals surface area contributed by atoms with Crippen molar-refractivity contribution in [3.8, 4) is 0 Å². The Kier molecular flexibility index (Phi) is 3.17.